The molecule has 12 heavy (non-hydrogen) atoms. The molecule has 0 saturated carbocycles. The average molecular weight is 188 g/mol. The van der Waals surface area contributed by atoms with E-state index in [0.29, 0.717) is 23.3 Å². The van der Waals surface area contributed by atoms with E-state index in [1.54, 1.807) is 19.4 Å². The molecule has 4 heteroatoms. The van der Waals surface area contributed by atoms with Gasteiger partial charge in [0.05, 0.1) is 19.9 Å². The number of nitrogens with zero attached hydrogens (tertiary/aromatic N) is 1. The zero-order valence-corrected chi connectivity index (χ0v) is 7.76. The zero-order chi connectivity index (χ0) is 8.97. The number of ether oxygens (including phenoxy) is 2. The molecule has 0 aliphatic heterocycles. The fraction of sp³-hybridized carbons (Fsp3) is 0.375. The van der Waals surface area contributed by atoms with Crippen LogP contribution in [-0.4, -0.2) is 18.7 Å². The smallest absolute Gasteiger partial charge is 0.232 e. The first kappa shape index (κ1) is 9.13. The highest BCUT2D eigenvalue weighted by Crippen LogP contribution is 2.25. The molecule has 66 valence electrons. The molecule has 1 aromatic heterocycles. The maximum atomic E-state index is 5.82. The number of rotatable bonds is 3. The number of methoxy groups -OCH3 is 1. The van der Waals surface area contributed by atoms with Gasteiger partial charge in [0.15, 0.2) is 0 Å². The Morgan fingerprint density at radius 1 is 1.58 bits per heavy atom. The first-order valence-corrected chi connectivity index (χ1v) is 3.98. The summed E-state index contributed by atoms with van der Waals surface area (Å²) in [6.07, 6.45) is 1.57. The van der Waals surface area contributed by atoms with E-state index in [4.69, 9.17) is 21.1 Å². The van der Waals surface area contributed by atoms with Crippen LogP contribution in [0.4, 0.5) is 0 Å². The van der Waals surface area contributed by atoms with Crippen LogP contribution >= 0.6 is 11.6 Å². The Morgan fingerprint density at radius 2 is 2.33 bits per heavy atom. The van der Waals surface area contributed by atoms with E-state index in [0.717, 1.165) is 0 Å². The Balaban J connectivity index is 2.87. The van der Waals surface area contributed by atoms with Gasteiger partial charge in [-0.1, -0.05) is 11.6 Å². The first-order valence-electron chi connectivity index (χ1n) is 3.60. The van der Waals surface area contributed by atoms with Crippen molar-refractivity contribution in [2.45, 2.75) is 6.92 Å². The Morgan fingerprint density at radius 3 is 2.83 bits per heavy atom. The molecule has 0 aromatic carbocycles. The van der Waals surface area contributed by atoms with Gasteiger partial charge in [0.2, 0.25) is 5.88 Å². The minimum Gasteiger partial charge on any atom is -0.495 e. The quantitative estimate of drug-likeness (QED) is 0.727. The fourth-order valence-electron chi connectivity index (χ4n) is 0.762. The molecule has 0 radical (unpaired) electrons. The lowest BCUT2D eigenvalue weighted by Gasteiger charge is -2.04. The third-order valence-corrected chi connectivity index (χ3v) is 1.57. The van der Waals surface area contributed by atoms with Gasteiger partial charge in [0.25, 0.3) is 0 Å². The molecule has 0 bridgehead atoms. The van der Waals surface area contributed by atoms with E-state index in [2.05, 4.69) is 4.98 Å². The number of hydrogen-bond donors (Lipinski definition) is 0. The average Bonchev–Trinajstić information content (AvgIpc) is 2.09. The molecule has 0 aliphatic rings. The molecule has 0 amide bonds. The van der Waals surface area contributed by atoms with Crippen molar-refractivity contribution in [3.8, 4) is 11.6 Å². The number of aromatic nitrogens is 1. The van der Waals surface area contributed by atoms with Crippen LogP contribution < -0.4 is 9.47 Å². The molecular formula is C8H10ClNO2. The lowest BCUT2D eigenvalue weighted by molar-refractivity contribution is 0.325. The third kappa shape index (κ3) is 2.01. The van der Waals surface area contributed by atoms with E-state index >= 15 is 0 Å². The van der Waals surface area contributed by atoms with Crippen molar-refractivity contribution in [2.24, 2.45) is 0 Å². The molecule has 1 aromatic rings. The summed E-state index contributed by atoms with van der Waals surface area (Å²) in [6, 6.07) is 1.67. The molecule has 0 aliphatic carbocycles. The molecular weight excluding hydrogens is 178 g/mol. The monoisotopic (exact) mass is 187 g/mol. The summed E-state index contributed by atoms with van der Waals surface area (Å²) in [5.74, 6) is 1.07. The van der Waals surface area contributed by atoms with Gasteiger partial charge >= 0.3 is 0 Å². The maximum absolute atomic E-state index is 5.82. The van der Waals surface area contributed by atoms with Gasteiger partial charge in [-0.25, -0.2) is 4.98 Å². The second-order valence-electron chi connectivity index (χ2n) is 2.10. The van der Waals surface area contributed by atoms with Crippen molar-refractivity contribution in [1.82, 2.24) is 4.98 Å². The topological polar surface area (TPSA) is 31.4 Å². The van der Waals surface area contributed by atoms with Gasteiger partial charge in [0, 0.05) is 6.07 Å². The van der Waals surface area contributed by atoms with Gasteiger partial charge < -0.3 is 9.47 Å². The molecule has 0 saturated heterocycles. The summed E-state index contributed by atoms with van der Waals surface area (Å²) in [7, 11) is 1.56. The summed E-state index contributed by atoms with van der Waals surface area (Å²) in [4.78, 5) is 3.96. The van der Waals surface area contributed by atoms with Crippen LogP contribution in [-0.2, 0) is 0 Å². The predicted octanol–water partition coefficient (Wildman–Crippen LogP) is 2.14. The number of hydrogen-bond acceptors (Lipinski definition) is 3. The molecule has 0 atom stereocenters. The van der Waals surface area contributed by atoms with Gasteiger partial charge in [-0.05, 0) is 6.92 Å². The minimum absolute atomic E-state index is 0.444. The second-order valence-corrected chi connectivity index (χ2v) is 2.50. The van der Waals surface area contributed by atoms with E-state index in [1.165, 1.54) is 0 Å². The summed E-state index contributed by atoms with van der Waals surface area (Å²) < 4.78 is 10.1. The summed E-state index contributed by atoms with van der Waals surface area (Å²) in [6.45, 7) is 2.43. The molecule has 0 unspecified atom stereocenters. The van der Waals surface area contributed by atoms with Crippen molar-refractivity contribution in [3.05, 3.63) is 17.3 Å². The van der Waals surface area contributed by atoms with Crippen LogP contribution in [0.15, 0.2) is 12.3 Å². The van der Waals surface area contributed by atoms with Crippen molar-refractivity contribution in [1.29, 1.82) is 0 Å². The van der Waals surface area contributed by atoms with E-state index in [1.807, 2.05) is 6.92 Å². The van der Waals surface area contributed by atoms with E-state index < -0.39 is 0 Å². The maximum Gasteiger partial charge on any atom is 0.232 e. The van der Waals surface area contributed by atoms with Crippen LogP contribution in [0.1, 0.15) is 6.92 Å². The Labute approximate surface area is 76.3 Å². The van der Waals surface area contributed by atoms with Crippen molar-refractivity contribution < 1.29 is 9.47 Å². The Hall–Kier alpha value is -0.960. The molecule has 0 fully saturated rings. The largest absolute Gasteiger partial charge is 0.495 e. The molecule has 1 heterocycles. The van der Waals surface area contributed by atoms with Gasteiger partial charge in [-0.15, -0.1) is 0 Å². The van der Waals surface area contributed by atoms with E-state index in [-0.39, 0.29) is 0 Å². The minimum atomic E-state index is 0.444. The predicted molar refractivity (Wildman–Crippen MR) is 47.0 cm³/mol. The highest BCUT2D eigenvalue weighted by Gasteiger charge is 2.03. The van der Waals surface area contributed by atoms with Crippen molar-refractivity contribution in [3.63, 3.8) is 0 Å². The zero-order valence-electron chi connectivity index (χ0n) is 7.00. The van der Waals surface area contributed by atoms with Crippen LogP contribution in [0.2, 0.25) is 5.02 Å². The van der Waals surface area contributed by atoms with Gasteiger partial charge in [-0.3, -0.25) is 0 Å². The molecule has 1 rings (SSSR count). The second kappa shape index (κ2) is 4.16. The lowest BCUT2D eigenvalue weighted by atomic mass is 10.4. The molecule has 0 spiro atoms. The fourth-order valence-corrected chi connectivity index (χ4v) is 0.973. The molecule has 3 nitrogen and oxygen atoms in total. The molecule has 0 N–H and O–H groups in total. The lowest BCUT2D eigenvalue weighted by Crippen LogP contribution is -1.95. The van der Waals surface area contributed by atoms with Crippen LogP contribution in [0, 0.1) is 0 Å². The number of pyridine rings is 1. The first-order chi connectivity index (χ1) is 5.77. The van der Waals surface area contributed by atoms with Crippen LogP contribution in [0.5, 0.6) is 11.6 Å². The third-order valence-electron chi connectivity index (χ3n) is 1.30. The highest BCUT2D eigenvalue weighted by atomic mass is 35.5. The summed E-state index contributed by atoms with van der Waals surface area (Å²) in [5, 5.41) is 0.469. The number of halogens is 1. The van der Waals surface area contributed by atoms with Gasteiger partial charge in [-0.2, -0.15) is 0 Å². The summed E-state index contributed by atoms with van der Waals surface area (Å²) in [5.41, 5.74) is 0. The SMILES string of the molecule is CCOc1ncc(OC)cc1Cl. The van der Waals surface area contributed by atoms with Crippen molar-refractivity contribution >= 4 is 11.6 Å². The van der Waals surface area contributed by atoms with Gasteiger partial charge in [0.1, 0.15) is 10.8 Å². The van der Waals surface area contributed by atoms with Crippen LogP contribution in [0.25, 0.3) is 0 Å². The Bertz CT molecular complexity index is 265. The normalized spacial score (nSPS) is 9.58. The van der Waals surface area contributed by atoms with Crippen molar-refractivity contribution in [2.75, 3.05) is 13.7 Å². The van der Waals surface area contributed by atoms with Crippen LogP contribution in [0.3, 0.4) is 0 Å². The highest BCUT2D eigenvalue weighted by molar-refractivity contribution is 6.31. The Kier molecular flexibility index (Phi) is 3.17. The summed E-state index contributed by atoms with van der Waals surface area (Å²) >= 11 is 5.82. The van der Waals surface area contributed by atoms with E-state index in [9.17, 15) is 0 Å². The standard InChI is InChI=1S/C8H10ClNO2/c1-3-12-8-7(9)4-6(11-2)5-10-8/h4-5H,3H2,1-2H3.